The van der Waals surface area contributed by atoms with Crippen molar-refractivity contribution in [2.75, 3.05) is 23.8 Å². The molecule has 3 rings (SSSR count). The summed E-state index contributed by atoms with van der Waals surface area (Å²) < 4.78 is 7.76. The Labute approximate surface area is 193 Å². The van der Waals surface area contributed by atoms with E-state index in [2.05, 4.69) is 16.4 Å². The van der Waals surface area contributed by atoms with Crippen LogP contribution in [0.25, 0.3) is 10.8 Å². The molecule has 0 aliphatic heterocycles. The highest BCUT2D eigenvalue weighted by Gasteiger charge is 2.14. The molecule has 1 unspecified atom stereocenters. The Hall–Kier alpha value is -1.51. The number of aliphatic hydroxyl groups is 1. The van der Waals surface area contributed by atoms with E-state index in [9.17, 15) is 5.26 Å². The molecule has 0 radical (unpaired) electrons. The second-order valence-electron chi connectivity index (χ2n) is 5.92. The first-order valence-electron chi connectivity index (χ1n) is 9.32. The van der Waals surface area contributed by atoms with E-state index in [4.69, 9.17) is 32.8 Å². The number of nitrogens with zero attached hydrogens (tertiary/aromatic N) is 2. The van der Waals surface area contributed by atoms with Gasteiger partial charge in [-0.25, -0.2) is 0 Å². The van der Waals surface area contributed by atoms with Gasteiger partial charge in [0, 0.05) is 47.7 Å². The molecule has 1 atom stereocenters. The predicted molar refractivity (Wildman–Crippen MR) is 131 cm³/mol. The summed E-state index contributed by atoms with van der Waals surface area (Å²) in [7, 11) is 0.327. The van der Waals surface area contributed by atoms with Crippen molar-refractivity contribution in [2.45, 2.75) is 18.7 Å². The summed E-state index contributed by atoms with van der Waals surface area (Å²) in [6.45, 7) is 4.59. The van der Waals surface area contributed by atoms with Gasteiger partial charge < -0.3 is 13.9 Å². The molecule has 4 nitrogen and oxygen atoms in total. The third kappa shape index (κ3) is 7.03. The number of rotatable bonds is 7. The largest absolute Gasteiger partial charge is 0.397 e. The lowest BCUT2D eigenvalue weighted by atomic mass is 10.0. The van der Waals surface area contributed by atoms with Crippen molar-refractivity contribution in [3.05, 3.63) is 70.2 Å². The van der Waals surface area contributed by atoms with Gasteiger partial charge in [0.05, 0.1) is 23.6 Å². The summed E-state index contributed by atoms with van der Waals surface area (Å²) in [6, 6.07) is 19.6. The van der Waals surface area contributed by atoms with Gasteiger partial charge in [-0.05, 0) is 56.1 Å². The van der Waals surface area contributed by atoms with E-state index in [-0.39, 0.29) is 6.61 Å². The van der Waals surface area contributed by atoms with Crippen molar-refractivity contribution in [3.8, 4) is 6.07 Å². The summed E-state index contributed by atoms with van der Waals surface area (Å²) in [6.07, 6.45) is 0.707. The van der Waals surface area contributed by atoms with Crippen molar-refractivity contribution in [2.24, 2.45) is 0 Å². The highest BCUT2D eigenvalue weighted by Crippen LogP contribution is 2.38. The third-order valence-electron chi connectivity index (χ3n) is 3.79. The molecule has 3 aromatic rings. The van der Waals surface area contributed by atoms with E-state index in [1.165, 1.54) is 0 Å². The monoisotopic (exact) mass is 480 g/mol. The Bertz CT molecular complexity index is 994. The minimum absolute atomic E-state index is 0.250. The van der Waals surface area contributed by atoms with Gasteiger partial charge >= 0.3 is 0 Å². The van der Waals surface area contributed by atoms with Crippen LogP contribution in [0.5, 0.6) is 0 Å². The van der Waals surface area contributed by atoms with Crippen molar-refractivity contribution >= 4 is 60.4 Å². The van der Waals surface area contributed by atoms with E-state index in [1.54, 1.807) is 24.9 Å². The molecular formula is C22H23Cl2N2O2PS. The first-order chi connectivity index (χ1) is 14.5. The summed E-state index contributed by atoms with van der Waals surface area (Å²) in [5.74, 6) is 0. The molecule has 158 valence electrons. The molecule has 0 bridgehead atoms. The Balaban J connectivity index is 0.00000101. The van der Waals surface area contributed by atoms with Gasteiger partial charge in [-0.2, -0.15) is 5.26 Å². The van der Waals surface area contributed by atoms with Gasteiger partial charge in [-0.1, -0.05) is 47.5 Å². The summed E-state index contributed by atoms with van der Waals surface area (Å²) in [5, 5.41) is 20.1. The number of aliphatic hydroxyl groups excluding tert-OH is 1. The Kier molecular flexibility index (Phi) is 10.7. The lowest BCUT2D eigenvalue weighted by Crippen LogP contribution is -2.13. The lowest BCUT2D eigenvalue weighted by molar-refractivity contribution is 0.318. The van der Waals surface area contributed by atoms with Crippen molar-refractivity contribution < 1.29 is 9.63 Å². The maximum atomic E-state index is 9.42. The minimum Gasteiger partial charge on any atom is -0.397 e. The van der Waals surface area contributed by atoms with E-state index in [0.29, 0.717) is 37.3 Å². The van der Waals surface area contributed by atoms with E-state index in [1.807, 2.05) is 49.4 Å². The SMILES string of the molecule is CCO.CCOPCN(Sc1cc(Cl)cc(Cl)c1)c1cccc2c(C#N)cccc12. The number of hydrogen-bond acceptors (Lipinski definition) is 5. The number of benzene rings is 3. The van der Waals surface area contributed by atoms with Gasteiger partial charge in [0.15, 0.2) is 0 Å². The van der Waals surface area contributed by atoms with Crippen LogP contribution in [-0.2, 0) is 4.52 Å². The maximum Gasteiger partial charge on any atom is 0.0998 e. The van der Waals surface area contributed by atoms with E-state index in [0.717, 1.165) is 21.4 Å². The quantitative estimate of drug-likeness (QED) is 0.221. The molecule has 0 spiro atoms. The van der Waals surface area contributed by atoms with Crippen LogP contribution in [-0.4, -0.2) is 24.6 Å². The molecule has 1 N–H and O–H groups in total. The van der Waals surface area contributed by atoms with Crippen molar-refractivity contribution in [1.82, 2.24) is 0 Å². The van der Waals surface area contributed by atoms with Crippen LogP contribution in [0.15, 0.2) is 59.5 Å². The van der Waals surface area contributed by atoms with Crippen molar-refractivity contribution in [1.29, 1.82) is 5.26 Å². The van der Waals surface area contributed by atoms with Gasteiger partial charge in [-0.15, -0.1) is 0 Å². The highest BCUT2D eigenvalue weighted by atomic mass is 35.5. The molecule has 0 aliphatic carbocycles. The van der Waals surface area contributed by atoms with Crippen LogP contribution in [0, 0.1) is 11.3 Å². The first kappa shape index (κ1) is 24.8. The van der Waals surface area contributed by atoms with Crippen LogP contribution in [0.2, 0.25) is 10.0 Å². The molecule has 0 aliphatic rings. The molecule has 8 heteroatoms. The molecule has 3 aromatic carbocycles. The average Bonchev–Trinajstić information content (AvgIpc) is 2.72. The van der Waals surface area contributed by atoms with Crippen LogP contribution < -0.4 is 4.31 Å². The fraction of sp³-hybridized carbons (Fsp3) is 0.227. The number of nitriles is 1. The average molecular weight is 481 g/mol. The smallest absolute Gasteiger partial charge is 0.0998 e. The molecule has 0 aromatic heterocycles. The van der Waals surface area contributed by atoms with Gasteiger partial charge in [0.1, 0.15) is 0 Å². The molecule has 0 saturated carbocycles. The summed E-state index contributed by atoms with van der Waals surface area (Å²) >= 11 is 13.9. The second kappa shape index (κ2) is 13.0. The number of halogens is 2. The third-order valence-corrected chi connectivity index (χ3v) is 6.39. The fourth-order valence-electron chi connectivity index (χ4n) is 2.69. The Morgan fingerprint density at radius 3 is 2.33 bits per heavy atom. The van der Waals surface area contributed by atoms with E-state index >= 15 is 0 Å². The molecule has 0 heterocycles. The molecule has 0 saturated heterocycles. The topological polar surface area (TPSA) is 56.5 Å². The van der Waals surface area contributed by atoms with Gasteiger partial charge in [-0.3, -0.25) is 0 Å². The Morgan fingerprint density at radius 2 is 1.70 bits per heavy atom. The van der Waals surface area contributed by atoms with Crippen LogP contribution in [0.1, 0.15) is 19.4 Å². The summed E-state index contributed by atoms with van der Waals surface area (Å²) in [5.41, 5.74) is 1.69. The lowest BCUT2D eigenvalue weighted by Gasteiger charge is -2.25. The standard InChI is InChI=1S/C20H17Cl2N2OPS.C2H6O/c1-2-25-26-13-24(27-17-10-15(21)9-16(22)11-17)20-8-4-6-18-14(12-23)5-3-7-19(18)20;1-2-3/h3-11,26H,2,13H2,1H3;3H,2H2,1H3. The minimum atomic E-state index is 0.250. The molecule has 30 heavy (non-hydrogen) atoms. The van der Waals surface area contributed by atoms with Crippen molar-refractivity contribution in [3.63, 3.8) is 0 Å². The zero-order chi connectivity index (χ0) is 21.9. The second-order valence-corrected chi connectivity index (χ2v) is 8.78. The van der Waals surface area contributed by atoms with Crippen LogP contribution in [0.4, 0.5) is 5.69 Å². The number of fused-ring (bicyclic) bond motifs is 1. The Morgan fingerprint density at radius 1 is 1.07 bits per heavy atom. The molecular weight excluding hydrogens is 458 g/mol. The summed E-state index contributed by atoms with van der Waals surface area (Å²) in [4.78, 5) is 0.947. The number of anilines is 1. The fourth-order valence-corrected chi connectivity index (χ4v) is 5.22. The molecule has 0 amide bonds. The van der Waals surface area contributed by atoms with Crippen LogP contribution >= 0.6 is 44.0 Å². The highest BCUT2D eigenvalue weighted by molar-refractivity contribution is 8.00. The first-order valence-corrected chi connectivity index (χ1v) is 12.0. The van der Waals surface area contributed by atoms with Gasteiger partial charge in [0.25, 0.3) is 0 Å². The number of hydrogen-bond donors (Lipinski definition) is 1. The zero-order valence-corrected chi connectivity index (χ0v) is 20.1. The van der Waals surface area contributed by atoms with Gasteiger partial charge in [0.2, 0.25) is 0 Å². The molecule has 0 fully saturated rings. The predicted octanol–water partition coefficient (Wildman–Crippen LogP) is 7.12. The van der Waals surface area contributed by atoms with Crippen LogP contribution in [0.3, 0.4) is 0 Å². The maximum absolute atomic E-state index is 9.42. The normalized spacial score (nSPS) is 10.7. The zero-order valence-electron chi connectivity index (χ0n) is 16.7. The van der Waals surface area contributed by atoms with E-state index < -0.39 is 0 Å².